The van der Waals surface area contributed by atoms with E-state index in [2.05, 4.69) is 10.2 Å². The lowest BCUT2D eigenvalue weighted by Crippen LogP contribution is -2.49. The summed E-state index contributed by atoms with van der Waals surface area (Å²) in [6.45, 7) is 1.54. The zero-order chi connectivity index (χ0) is 13.2. The van der Waals surface area contributed by atoms with Gasteiger partial charge in [-0.1, -0.05) is 23.7 Å². The SMILES string of the molecule is O=C(Cc1ccc(Cl)cc1)N1CC(c2ccn[nH]2)C1. The second kappa shape index (κ2) is 5.05. The molecule has 5 heteroatoms. The Morgan fingerprint density at radius 3 is 2.68 bits per heavy atom. The van der Waals surface area contributed by atoms with Gasteiger partial charge in [-0.05, 0) is 23.8 Å². The van der Waals surface area contributed by atoms with E-state index in [1.807, 2.05) is 35.2 Å². The summed E-state index contributed by atoms with van der Waals surface area (Å²) in [7, 11) is 0. The number of likely N-dealkylation sites (tertiary alicyclic amines) is 1. The Balaban J connectivity index is 1.54. The highest BCUT2D eigenvalue weighted by molar-refractivity contribution is 6.30. The fourth-order valence-electron chi connectivity index (χ4n) is 2.26. The maximum absolute atomic E-state index is 12.1. The summed E-state index contributed by atoms with van der Waals surface area (Å²) in [4.78, 5) is 13.9. The first-order valence-electron chi connectivity index (χ1n) is 6.24. The minimum absolute atomic E-state index is 0.165. The predicted octanol–water partition coefficient (Wildman–Crippen LogP) is 2.23. The number of nitrogens with one attached hydrogen (secondary N) is 1. The fraction of sp³-hybridized carbons (Fsp3) is 0.286. The van der Waals surface area contributed by atoms with Gasteiger partial charge in [0.25, 0.3) is 0 Å². The van der Waals surface area contributed by atoms with E-state index in [4.69, 9.17) is 11.6 Å². The lowest BCUT2D eigenvalue weighted by Gasteiger charge is -2.38. The Labute approximate surface area is 116 Å². The van der Waals surface area contributed by atoms with E-state index in [-0.39, 0.29) is 5.91 Å². The van der Waals surface area contributed by atoms with Crippen LogP contribution >= 0.6 is 11.6 Å². The van der Waals surface area contributed by atoms with E-state index in [0.29, 0.717) is 17.4 Å². The zero-order valence-electron chi connectivity index (χ0n) is 10.3. The minimum Gasteiger partial charge on any atom is -0.341 e. The van der Waals surface area contributed by atoms with Crippen LogP contribution in [-0.4, -0.2) is 34.1 Å². The van der Waals surface area contributed by atoms with Crippen LogP contribution in [0.2, 0.25) is 5.02 Å². The lowest BCUT2D eigenvalue weighted by atomic mass is 9.95. The first-order chi connectivity index (χ1) is 9.22. The van der Waals surface area contributed by atoms with Gasteiger partial charge in [-0.2, -0.15) is 5.10 Å². The van der Waals surface area contributed by atoms with E-state index >= 15 is 0 Å². The van der Waals surface area contributed by atoms with Crippen molar-refractivity contribution in [3.8, 4) is 0 Å². The maximum Gasteiger partial charge on any atom is 0.227 e. The molecule has 98 valence electrons. The van der Waals surface area contributed by atoms with Crippen molar-refractivity contribution in [1.82, 2.24) is 15.1 Å². The third-order valence-corrected chi connectivity index (χ3v) is 3.72. The van der Waals surface area contributed by atoms with Crippen LogP contribution in [0.15, 0.2) is 36.5 Å². The molecule has 2 heterocycles. The molecule has 1 aromatic heterocycles. The number of H-pyrrole nitrogens is 1. The summed E-state index contributed by atoms with van der Waals surface area (Å²) < 4.78 is 0. The maximum atomic E-state index is 12.1. The molecular formula is C14H14ClN3O. The summed E-state index contributed by atoms with van der Waals surface area (Å²) in [5.74, 6) is 0.565. The van der Waals surface area contributed by atoms with Crippen molar-refractivity contribution in [2.75, 3.05) is 13.1 Å². The van der Waals surface area contributed by atoms with Crippen molar-refractivity contribution in [3.05, 3.63) is 52.8 Å². The van der Waals surface area contributed by atoms with Gasteiger partial charge in [0.05, 0.1) is 6.42 Å². The molecule has 0 unspecified atom stereocenters. The van der Waals surface area contributed by atoms with Crippen molar-refractivity contribution >= 4 is 17.5 Å². The van der Waals surface area contributed by atoms with Crippen molar-refractivity contribution in [1.29, 1.82) is 0 Å². The predicted molar refractivity (Wildman–Crippen MR) is 73.1 cm³/mol. The third-order valence-electron chi connectivity index (χ3n) is 3.46. The topological polar surface area (TPSA) is 49.0 Å². The first kappa shape index (κ1) is 12.2. The Bertz CT molecular complexity index is 559. The third kappa shape index (κ3) is 2.63. The van der Waals surface area contributed by atoms with Crippen LogP contribution in [0.25, 0.3) is 0 Å². The summed E-state index contributed by atoms with van der Waals surface area (Å²) in [6.07, 6.45) is 2.18. The average molecular weight is 276 g/mol. The van der Waals surface area contributed by atoms with Gasteiger partial charge in [-0.25, -0.2) is 0 Å². The molecule has 0 aliphatic carbocycles. The molecule has 0 spiro atoms. The standard InChI is InChI=1S/C14H14ClN3O/c15-12-3-1-10(2-4-12)7-14(19)18-8-11(9-18)13-5-6-16-17-13/h1-6,11H,7-9H2,(H,16,17). The molecule has 4 nitrogen and oxygen atoms in total. The lowest BCUT2D eigenvalue weighted by molar-refractivity contribution is -0.134. The van der Waals surface area contributed by atoms with Crippen molar-refractivity contribution in [3.63, 3.8) is 0 Å². The first-order valence-corrected chi connectivity index (χ1v) is 6.61. The molecule has 1 saturated heterocycles. The quantitative estimate of drug-likeness (QED) is 0.934. The second-order valence-electron chi connectivity index (χ2n) is 4.81. The van der Waals surface area contributed by atoms with Gasteiger partial charge in [0, 0.05) is 35.9 Å². The van der Waals surface area contributed by atoms with E-state index in [0.717, 1.165) is 24.3 Å². The molecule has 1 aliphatic heterocycles. The van der Waals surface area contributed by atoms with Crippen LogP contribution < -0.4 is 0 Å². The molecule has 2 aromatic rings. The van der Waals surface area contributed by atoms with E-state index in [9.17, 15) is 4.79 Å². The second-order valence-corrected chi connectivity index (χ2v) is 5.25. The van der Waals surface area contributed by atoms with Crippen molar-refractivity contribution in [2.24, 2.45) is 0 Å². The molecule has 0 saturated carbocycles. The van der Waals surface area contributed by atoms with Gasteiger partial charge in [-0.3, -0.25) is 9.89 Å². The number of benzene rings is 1. The Morgan fingerprint density at radius 2 is 2.05 bits per heavy atom. The highest BCUT2D eigenvalue weighted by atomic mass is 35.5. The van der Waals surface area contributed by atoms with Gasteiger partial charge in [0.15, 0.2) is 0 Å². The summed E-state index contributed by atoms with van der Waals surface area (Å²) in [5.41, 5.74) is 2.11. The average Bonchev–Trinajstić information content (AvgIpc) is 2.84. The number of amides is 1. The largest absolute Gasteiger partial charge is 0.341 e. The van der Waals surface area contributed by atoms with E-state index in [1.54, 1.807) is 6.20 Å². The molecule has 1 amide bonds. The number of aromatic nitrogens is 2. The molecule has 1 aliphatic rings. The van der Waals surface area contributed by atoms with Crippen LogP contribution in [0.1, 0.15) is 17.2 Å². The number of rotatable bonds is 3. The number of aromatic amines is 1. The Morgan fingerprint density at radius 1 is 1.32 bits per heavy atom. The van der Waals surface area contributed by atoms with Crippen LogP contribution in [0, 0.1) is 0 Å². The molecule has 1 aromatic carbocycles. The molecule has 0 bridgehead atoms. The number of halogens is 1. The number of carbonyl (C=O) groups is 1. The van der Waals surface area contributed by atoms with E-state index < -0.39 is 0 Å². The Kier molecular flexibility index (Phi) is 3.25. The van der Waals surface area contributed by atoms with Gasteiger partial charge in [0.2, 0.25) is 5.91 Å². The van der Waals surface area contributed by atoms with Gasteiger partial charge < -0.3 is 4.90 Å². The number of nitrogens with zero attached hydrogens (tertiary/aromatic N) is 2. The molecule has 1 N–H and O–H groups in total. The molecule has 0 atom stereocenters. The molecule has 1 fully saturated rings. The zero-order valence-corrected chi connectivity index (χ0v) is 11.1. The van der Waals surface area contributed by atoms with Gasteiger partial charge in [-0.15, -0.1) is 0 Å². The minimum atomic E-state index is 0.165. The molecule has 0 radical (unpaired) electrons. The summed E-state index contributed by atoms with van der Waals surface area (Å²) in [6, 6.07) is 9.38. The number of carbonyl (C=O) groups excluding carboxylic acids is 1. The van der Waals surface area contributed by atoms with Gasteiger partial charge in [0.1, 0.15) is 0 Å². The highest BCUT2D eigenvalue weighted by Gasteiger charge is 2.32. The van der Waals surface area contributed by atoms with Gasteiger partial charge >= 0.3 is 0 Å². The van der Waals surface area contributed by atoms with E-state index in [1.165, 1.54) is 0 Å². The smallest absolute Gasteiger partial charge is 0.227 e. The molecule has 19 heavy (non-hydrogen) atoms. The highest BCUT2D eigenvalue weighted by Crippen LogP contribution is 2.25. The number of hydrogen-bond donors (Lipinski definition) is 1. The Hall–Kier alpha value is -1.81. The normalized spacial score (nSPS) is 15.3. The summed E-state index contributed by atoms with van der Waals surface area (Å²) >= 11 is 5.82. The van der Waals surface area contributed by atoms with Crippen LogP contribution in [0.4, 0.5) is 0 Å². The molecular weight excluding hydrogens is 262 g/mol. The van der Waals surface area contributed by atoms with Crippen LogP contribution in [-0.2, 0) is 11.2 Å². The monoisotopic (exact) mass is 275 g/mol. The van der Waals surface area contributed by atoms with Crippen molar-refractivity contribution in [2.45, 2.75) is 12.3 Å². The summed E-state index contributed by atoms with van der Waals surface area (Å²) in [5, 5.41) is 7.58. The number of hydrogen-bond acceptors (Lipinski definition) is 2. The van der Waals surface area contributed by atoms with Crippen LogP contribution in [0.5, 0.6) is 0 Å². The fourth-order valence-corrected chi connectivity index (χ4v) is 2.39. The van der Waals surface area contributed by atoms with Crippen molar-refractivity contribution < 1.29 is 4.79 Å². The molecule has 3 rings (SSSR count). The van der Waals surface area contributed by atoms with Crippen LogP contribution in [0.3, 0.4) is 0 Å².